The lowest BCUT2D eigenvalue weighted by Crippen LogP contribution is -2.18. The van der Waals surface area contributed by atoms with E-state index in [1.807, 2.05) is 13.8 Å². The van der Waals surface area contributed by atoms with Gasteiger partial charge >= 0.3 is 5.97 Å². The molecule has 26 heavy (non-hydrogen) atoms. The predicted octanol–water partition coefficient (Wildman–Crippen LogP) is 5.10. The normalized spacial score (nSPS) is 11.2. The summed E-state index contributed by atoms with van der Waals surface area (Å²) in [4.78, 5) is 18.1. The first-order chi connectivity index (χ1) is 12.3. The number of carboxylic acids is 1. The Morgan fingerprint density at radius 2 is 1.69 bits per heavy atom. The topological polar surface area (TPSA) is 53.4 Å². The van der Waals surface area contributed by atoms with Crippen molar-refractivity contribution in [1.82, 2.24) is 4.98 Å². The number of carbonyl (C=O) groups is 1. The number of hydrogen-bond acceptors (Lipinski definition) is 3. The van der Waals surface area contributed by atoms with Crippen molar-refractivity contribution in [3.8, 4) is 0 Å². The van der Waals surface area contributed by atoms with Crippen LogP contribution >= 0.6 is 0 Å². The first-order valence-electron chi connectivity index (χ1n) is 8.15. The molecule has 1 heterocycles. The number of fused-ring (bicyclic) bond motifs is 1. The van der Waals surface area contributed by atoms with Crippen LogP contribution in [-0.4, -0.2) is 23.1 Å². The second-order valence-electron chi connectivity index (χ2n) is 6.38. The smallest absolute Gasteiger partial charge is 0.339 e. The number of benzene rings is 2. The van der Waals surface area contributed by atoms with Gasteiger partial charge in [0.25, 0.3) is 0 Å². The molecule has 0 fully saturated rings. The van der Waals surface area contributed by atoms with E-state index in [0.29, 0.717) is 28.0 Å². The molecule has 0 bridgehead atoms. The van der Waals surface area contributed by atoms with Crippen molar-refractivity contribution >= 4 is 28.2 Å². The lowest BCUT2D eigenvalue weighted by atomic mass is 9.98. The summed E-state index contributed by atoms with van der Waals surface area (Å²) in [6.45, 7) is 3.71. The van der Waals surface area contributed by atoms with Gasteiger partial charge in [-0.3, -0.25) is 4.98 Å². The SMILES string of the molecule is CC(C)c1nc2ccc(F)cc2c(N(C)c2ccc(F)cc2)c1C(=O)O. The monoisotopic (exact) mass is 356 g/mol. The number of carboxylic acid groups (broad SMARTS) is 1. The van der Waals surface area contributed by atoms with Gasteiger partial charge in [-0.25, -0.2) is 13.6 Å². The summed E-state index contributed by atoms with van der Waals surface area (Å²) in [5.41, 5.74) is 1.85. The van der Waals surface area contributed by atoms with Crippen LogP contribution in [0.3, 0.4) is 0 Å². The van der Waals surface area contributed by atoms with Crippen molar-refractivity contribution < 1.29 is 18.7 Å². The van der Waals surface area contributed by atoms with Crippen LogP contribution < -0.4 is 4.90 Å². The van der Waals surface area contributed by atoms with E-state index < -0.39 is 17.6 Å². The predicted molar refractivity (Wildman–Crippen MR) is 97.2 cm³/mol. The highest BCUT2D eigenvalue weighted by molar-refractivity contribution is 6.07. The Balaban J connectivity index is 2.39. The molecule has 4 nitrogen and oxygen atoms in total. The molecule has 0 saturated carbocycles. The van der Waals surface area contributed by atoms with E-state index >= 15 is 0 Å². The summed E-state index contributed by atoms with van der Waals surface area (Å²) in [6.07, 6.45) is 0. The number of rotatable bonds is 4. The average molecular weight is 356 g/mol. The molecular weight excluding hydrogens is 338 g/mol. The number of aromatic nitrogens is 1. The fraction of sp³-hybridized carbons (Fsp3) is 0.200. The molecule has 0 atom stereocenters. The maximum Gasteiger partial charge on any atom is 0.339 e. The third kappa shape index (κ3) is 3.10. The van der Waals surface area contributed by atoms with Gasteiger partial charge in [0, 0.05) is 18.1 Å². The highest BCUT2D eigenvalue weighted by Crippen LogP contribution is 2.37. The summed E-state index contributed by atoms with van der Waals surface area (Å²) in [5, 5.41) is 10.2. The molecule has 0 aliphatic carbocycles. The molecule has 134 valence electrons. The van der Waals surface area contributed by atoms with Gasteiger partial charge in [0.2, 0.25) is 0 Å². The first-order valence-corrected chi connectivity index (χ1v) is 8.15. The second-order valence-corrected chi connectivity index (χ2v) is 6.38. The molecule has 0 radical (unpaired) electrons. The van der Waals surface area contributed by atoms with E-state index in [4.69, 9.17) is 0 Å². The van der Waals surface area contributed by atoms with E-state index in [0.717, 1.165) is 0 Å². The summed E-state index contributed by atoms with van der Waals surface area (Å²) in [6, 6.07) is 9.77. The first kappa shape index (κ1) is 17.8. The van der Waals surface area contributed by atoms with Crippen LogP contribution in [0.5, 0.6) is 0 Å². The van der Waals surface area contributed by atoms with Crippen molar-refractivity contribution in [3.05, 3.63) is 65.4 Å². The standard InChI is InChI=1S/C20H18F2N2O2/c1-11(2)18-17(20(25)26)19(15-10-13(22)6-9-16(15)23-18)24(3)14-7-4-12(21)5-8-14/h4-11H,1-3H3,(H,25,26). The van der Waals surface area contributed by atoms with Gasteiger partial charge in [-0.2, -0.15) is 0 Å². The molecule has 3 aromatic rings. The molecule has 0 aliphatic heterocycles. The van der Waals surface area contributed by atoms with Gasteiger partial charge in [-0.05, 0) is 48.4 Å². The Labute approximate surface area is 149 Å². The Kier molecular flexibility index (Phi) is 4.59. The molecule has 1 N–H and O–H groups in total. The van der Waals surface area contributed by atoms with Crippen molar-refractivity contribution in [2.45, 2.75) is 19.8 Å². The molecule has 0 spiro atoms. The van der Waals surface area contributed by atoms with E-state index in [1.165, 1.54) is 30.3 Å². The minimum absolute atomic E-state index is 0.0184. The van der Waals surface area contributed by atoms with E-state index in [2.05, 4.69) is 4.98 Å². The van der Waals surface area contributed by atoms with Crippen LogP contribution in [0.15, 0.2) is 42.5 Å². The largest absolute Gasteiger partial charge is 0.478 e. The van der Waals surface area contributed by atoms with Crippen molar-refractivity contribution in [3.63, 3.8) is 0 Å². The van der Waals surface area contributed by atoms with Crippen molar-refractivity contribution in [2.75, 3.05) is 11.9 Å². The van der Waals surface area contributed by atoms with Gasteiger partial charge in [0.15, 0.2) is 0 Å². The van der Waals surface area contributed by atoms with Crippen LogP contribution in [0.1, 0.15) is 35.8 Å². The zero-order valence-corrected chi connectivity index (χ0v) is 14.6. The summed E-state index contributed by atoms with van der Waals surface area (Å²) < 4.78 is 27.1. The van der Waals surface area contributed by atoms with Gasteiger partial charge < -0.3 is 10.0 Å². The van der Waals surface area contributed by atoms with E-state index in [-0.39, 0.29) is 11.5 Å². The van der Waals surface area contributed by atoms with E-state index in [1.54, 1.807) is 24.1 Å². The fourth-order valence-corrected chi connectivity index (χ4v) is 3.01. The Morgan fingerprint density at radius 3 is 2.27 bits per heavy atom. The molecule has 0 unspecified atom stereocenters. The minimum Gasteiger partial charge on any atom is -0.478 e. The Hall–Kier alpha value is -3.02. The van der Waals surface area contributed by atoms with Crippen LogP contribution in [-0.2, 0) is 0 Å². The minimum atomic E-state index is -1.14. The van der Waals surface area contributed by atoms with Crippen molar-refractivity contribution in [1.29, 1.82) is 0 Å². The third-order valence-electron chi connectivity index (χ3n) is 4.26. The maximum absolute atomic E-state index is 13.9. The average Bonchev–Trinajstić information content (AvgIpc) is 2.59. The quantitative estimate of drug-likeness (QED) is 0.706. The zero-order chi connectivity index (χ0) is 19.0. The Bertz CT molecular complexity index is 985. The molecule has 2 aromatic carbocycles. The highest BCUT2D eigenvalue weighted by Gasteiger charge is 2.25. The van der Waals surface area contributed by atoms with Crippen LogP contribution in [0.4, 0.5) is 20.2 Å². The molecular formula is C20H18F2N2O2. The van der Waals surface area contributed by atoms with E-state index in [9.17, 15) is 18.7 Å². The number of aromatic carboxylic acids is 1. The zero-order valence-electron chi connectivity index (χ0n) is 14.6. The van der Waals surface area contributed by atoms with Crippen molar-refractivity contribution in [2.24, 2.45) is 0 Å². The van der Waals surface area contributed by atoms with Gasteiger partial charge in [-0.1, -0.05) is 13.8 Å². The number of hydrogen-bond donors (Lipinski definition) is 1. The van der Waals surface area contributed by atoms with Crippen LogP contribution in [0.2, 0.25) is 0 Å². The molecule has 0 amide bonds. The summed E-state index contributed by atoms with van der Waals surface area (Å²) in [7, 11) is 1.67. The second kappa shape index (κ2) is 6.71. The lowest BCUT2D eigenvalue weighted by molar-refractivity contribution is 0.0695. The van der Waals surface area contributed by atoms with Crippen LogP contribution in [0, 0.1) is 11.6 Å². The number of nitrogens with zero attached hydrogens (tertiary/aromatic N) is 2. The molecule has 3 rings (SSSR count). The maximum atomic E-state index is 13.9. The molecule has 0 saturated heterocycles. The molecule has 6 heteroatoms. The molecule has 1 aromatic heterocycles. The van der Waals surface area contributed by atoms with Gasteiger partial charge in [0.1, 0.15) is 17.2 Å². The highest BCUT2D eigenvalue weighted by atomic mass is 19.1. The number of anilines is 2. The van der Waals surface area contributed by atoms with Gasteiger partial charge in [-0.15, -0.1) is 0 Å². The Morgan fingerprint density at radius 1 is 1.08 bits per heavy atom. The fourth-order valence-electron chi connectivity index (χ4n) is 3.01. The molecule has 0 aliphatic rings. The number of pyridine rings is 1. The third-order valence-corrected chi connectivity index (χ3v) is 4.26. The summed E-state index contributed by atoms with van der Waals surface area (Å²) in [5.74, 6) is -2.16. The lowest BCUT2D eigenvalue weighted by Gasteiger charge is -2.25. The van der Waals surface area contributed by atoms with Gasteiger partial charge in [0.05, 0.1) is 16.9 Å². The number of halogens is 2. The summed E-state index contributed by atoms with van der Waals surface area (Å²) >= 11 is 0. The van der Waals surface area contributed by atoms with Crippen LogP contribution in [0.25, 0.3) is 10.9 Å².